The molecule has 0 amide bonds. The Morgan fingerprint density at radius 1 is 1.47 bits per heavy atom. The van der Waals surface area contributed by atoms with Crippen molar-refractivity contribution in [3.63, 3.8) is 0 Å². The number of hydrogen-bond acceptors (Lipinski definition) is 2. The first kappa shape index (κ1) is 13.5. The molecule has 2 bridgehead atoms. The van der Waals surface area contributed by atoms with Gasteiger partial charge in [-0.25, -0.2) is 4.39 Å². The summed E-state index contributed by atoms with van der Waals surface area (Å²) in [6, 6.07) is 5.61. The molecular weight excluding hydrogens is 309 g/mol. The summed E-state index contributed by atoms with van der Waals surface area (Å²) in [7, 11) is 1.99. The number of halogens is 2. The summed E-state index contributed by atoms with van der Waals surface area (Å²) in [5.74, 6) is 0.371. The average molecular weight is 328 g/mol. The fraction of sp³-hybridized carbons (Fsp3) is 0.600. The van der Waals surface area contributed by atoms with Crippen LogP contribution in [0, 0.1) is 11.7 Å². The van der Waals surface area contributed by atoms with E-state index in [0.717, 1.165) is 18.4 Å². The number of nitrogens with one attached hydrogen (secondary N) is 1. The van der Waals surface area contributed by atoms with Crippen molar-refractivity contribution in [1.82, 2.24) is 5.32 Å². The quantitative estimate of drug-likeness (QED) is 0.916. The van der Waals surface area contributed by atoms with E-state index in [1.165, 1.54) is 18.9 Å². The third-order valence-corrected chi connectivity index (χ3v) is 5.40. The molecule has 0 radical (unpaired) electrons. The van der Waals surface area contributed by atoms with Crippen molar-refractivity contribution in [2.75, 3.05) is 7.05 Å². The zero-order chi connectivity index (χ0) is 13.4. The summed E-state index contributed by atoms with van der Waals surface area (Å²) < 4.78 is 20.1. The molecule has 1 N–H and O–H groups in total. The molecule has 2 nitrogen and oxygen atoms in total. The Labute approximate surface area is 121 Å². The first-order valence-corrected chi connectivity index (χ1v) is 7.74. The predicted octanol–water partition coefficient (Wildman–Crippen LogP) is 3.29. The smallest absolute Gasteiger partial charge is 0.137 e. The molecule has 2 aliphatic rings. The van der Waals surface area contributed by atoms with Gasteiger partial charge in [0.15, 0.2) is 0 Å². The minimum absolute atomic E-state index is 0.184. The van der Waals surface area contributed by atoms with E-state index in [1.54, 1.807) is 6.07 Å². The summed E-state index contributed by atoms with van der Waals surface area (Å²) in [6.45, 7) is 0. The highest BCUT2D eigenvalue weighted by Gasteiger charge is 2.43. The topological polar surface area (TPSA) is 21.3 Å². The normalized spacial score (nSPS) is 30.8. The molecule has 0 aliphatic carbocycles. The summed E-state index contributed by atoms with van der Waals surface area (Å²) in [4.78, 5) is 0. The molecule has 2 aliphatic heterocycles. The van der Waals surface area contributed by atoms with Crippen molar-refractivity contribution in [2.24, 2.45) is 5.92 Å². The van der Waals surface area contributed by atoms with Crippen LogP contribution < -0.4 is 5.32 Å². The van der Waals surface area contributed by atoms with Crippen molar-refractivity contribution in [2.45, 2.75) is 43.9 Å². The highest BCUT2D eigenvalue weighted by molar-refractivity contribution is 9.10. The summed E-state index contributed by atoms with van der Waals surface area (Å²) >= 11 is 3.35. The fourth-order valence-corrected chi connectivity index (χ4v) is 3.94. The maximum atomic E-state index is 13.6. The van der Waals surface area contributed by atoms with Gasteiger partial charge in [0.2, 0.25) is 0 Å². The van der Waals surface area contributed by atoms with Crippen LogP contribution in [0.15, 0.2) is 22.7 Å². The van der Waals surface area contributed by atoms with E-state index in [2.05, 4.69) is 21.2 Å². The molecule has 2 fully saturated rings. The lowest BCUT2D eigenvalue weighted by Crippen LogP contribution is -2.40. The van der Waals surface area contributed by atoms with Crippen LogP contribution in [0.2, 0.25) is 0 Å². The van der Waals surface area contributed by atoms with Crippen LogP contribution in [-0.2, 0) is 11.2 Å². The van der Waals surface area contributed by atoms with Gasteiger partial charge < -0.3 is 10.1 Å². The lowest BCUT2D eigenvalue weighted by atomic mass is 9.81. The van der Waals surface area contributed by atoms with E-state index in [-0.39, 0.29) is 5.82 Å². The van der Waals surface area contributed by atoms with E-state index in [1.807, 2.05) is 13.1 Å². The Morgan fingerprint density at radius 3 is 2.95 bits per heavy atom. The van der Waals surface area contributed by atoms with Gasteiger partial charge in [-0.15, -0.1) is 0 Å². The Hall–Kier alpha value is -0.450. The molecule has 4 heteroatoms. The molecule has 0 spiro atoms. The SMILES string of the molecule is CNC(Cc1cccc(F)c1Br)C1CC2CCC1O2. The van der Waals surface area contributed by atoms with E-state index in [0.29, 0.717) is 28.6 Å². The lowest BCUT2D eigenvalue weighted by molar-refractivity contribution is 0.0863. The molecule has 4 atom stereocenters. The minimum Gasteiger partial charge on any atom is -0.375 e. The van der Waals surface area contributed by atoms with Crippen molar-refractivity contribution in [1.29, 1.82) is 0 Å². The second-order valence-electron chi connectivity index (χ2n) is 5.59. The number of fused-ring (bicyclic) bond motifs is 2. The Balaban J connectivity index is 1.75. The second kappa shape index (κ2) is 5.51. The van der Waals surface area contributed by atoms with Gasteiger partial charge in [0, 0.05) is 12.0 Å². The number of ether oxygens (including phenoxy) is 1. The van der Waals surface area contributed by atoms with Crippen LogP contribution in [0.1, 0.15) is 24.8 Å². The predicted molar refractivity (Wildman–Crippen MR) is 76.7 cm³/mol. The van der Waals surface area contributed by atoms with E-state index < -0.39 is 0 Å². The van der Waals surface area contributed by atoms with Gasteiger partial charge in [-0.05, 0) is 60.3 Å². The number of hydrogen-bond donors (Lipinski definition) is 1. The fourth-order valence-electron chi connectivity index (χ4n) is 3.51. The van der Waals surface area contributed by atoms with E-state index in [4.69, 9.17) is 4.74 Å². The highest BCUT2D eigenvalue weighted by Crippen LogP contribution is 2.41. The number of benzene rings is 1. The average Bonchev–Trinajstić information content (AvgIpc) is 3.03. The largest absolute Gasteiger partial charge is 0.375 e. The zero-order valence-corrected chi connectivity index (χ0v) is 12.6. The van der Waals surface area contributed by atoms with Crippen LogP contribution in [0.5, 0.6) is 0 Å². The first-order valence-electron chi connectivity index (χ1n) is 6.94. The highest BCUT2D eigenvalue weighted by atomic mass is 79.9. The molecule has 19 heavy (non-hydrogen) atoms. The molecule has 2 saturated heterocycles. The van der Waals surface area contributed by atoms with Gasteiger partial charge >= 0.3 is 0 Å². The third-order valence-electron chi connectivity index (χ3n) is 4.51. The van der Waals surface area contributed by atoms with Crippen molar-refractivity contribution < 1.29 is 9.13 Å². The molecule has 1 aromatic rings. The van der Waals surface area contributed by atoms with Crippen LogP contribution in [0.25, 0.3) is 0 Å². The molecule has 1 aromatic carbocycles. The van der Waals surface area contributed by atoms with Gasteiger partial charge in [0.05, 0.1) is 16.7 Å². The number of likely N-dealkylation sites (N-methyl/N-ethyl adjacent to an activating group) is 1. The zero-order valence-electron chi connectivity index (χ0n) is 11.0. The molecule has 0 saturated carbocycles. The van der Waals surface area contributed by atoms with Crippen LogP contribution in [0.3, 0.4) is 0 Å². The molecule has 0 aromatic heterocycles. The first-order chi connectivity index (χ1) is 9.19. The van der Waals surface area contributed by atoms with Crippen molar-refractivity contribution >= 4 is 15.9 Å². The van der Waals surface area contributed by atoms with Gasteiger partial charge in [-0.3, -0.25) is 0 Å². The van der Waals surface area contributed by atoms with Crippen LogP contribution in [-0.4, -0.2) is 25.3 Å². The Morgan fingerprint density at radius 2 is 2.32 bits per heavy atom. The van der Waals surface area contributed by atoms with Crippen molar-refractivity contribution in [3.8, 4) is 0 Å². The lowest BCUT2D eigenvalue weighted by Gasteiger charge is -2.28. The molecule has 3 rings (SSSR count). The molecule has 4 unspecified atom stereocenters. The monoisotopic (exact) mass is 327 g/mol. The third kappa shape index (κ3) is 2.58. The molecule has 2 heterocycles. The maximum Gasteiger partial charge on any atom is 0.137 e. The summed E-state index contributed by atoms with van der Waals surface area (Å²) in [5, 5.41) is 3.40. The van der Waals surface area contributed by atoms with Gasteiger partial charge in [0.1, 0.15) is 5.82 Å². The standard InChI is InChI=1S/C15H19BrFNO/c1-18-13(11-8-10-5-6-14(11)19-10)7-9-3-2-4-12(17)15(9)16/h2-4,10-11,13-14,18H,5-8H2,1H3. The van der Waals surface area contributed by atoms with Crippen LogP contribution in [0.4, 0.5) is 4.39 Å². The maximum absolute atomic E-state index is 13.6. The van der Waals surface area contributed by atoms with Crippen molar-refractivity contribution in [3.05, 3.63) is 34.1 Å². The van der Waals surface area contributed by atoms with Gasteiger partial charge in [-0.1, -0.05) is 12.1 Å². The minimum atomic E-state index is -0.184. The van der Waals surface area contributed by atoms with E-state index in [9.17, 15) is 4.39 Å². The summed E-state index contributed by atoms with van der Waals surface area (Å²) in [6.07, 6.45) is 5.23. The summed E-state index contributed by atoms with van der Waals surface area (Å²) in [5.41, 5.74) is 1.03. The molecular formula is C15H19BrFNO. The second-order valence-corrected chi connectivity index (χ2v) is 6.38. The van der Waals surface area contributed by atoms with Gasteiger partial charge in [0.25, 0.3) is 0 Å². The van der Waals surface area contributed by atoms with Gasteiger partial charge in [-0.2, -0.15) is 0 Å². The molecule has 104 valence electrons. The van der Waals surface area contributed by atoms with E-state index >= 15 is 0 Å². The Kier molecular flexibility index (Phi) is 3.92. The number of rotatable bonds is 4. The Bertz CT molecular complexity index is 467. The van der Waals surface area contributed by atoms with Crippen LogP contribution >= 0.6 is 15.9 Å².